The van der Waals surface area contributed by atoms with E-state index in [4.69, 9.17) is 0 Å². The highest BCUT2D eigenvalue weighted by molar-refractivity contribution is 7.14. The monoisotopic (exact) mass is 431 g/mol. The molecular weight excluding hydrogens is 410 g/mol. The van der Waals surface area contributed by atoms with E-state index in [2.05, 4.69) is 4.98 Å². The normalized spacial score (nSPS) is 14.7. The van der Waals surface area contributed by atoms with Gasteiger partial charge in [-0.3, -0.25) is 19.3 Å². The van der Waals surface area contributed by atoms with E-state index in [1.165, 1.54) is 23.2 Å². The van der Waals surface area contributed by atoms with Gasteiger partial charge in [-0.15, -0.1) is 11.3 Å². The van der Waals surface area contributed by atoms with Gasteiger partial charge in [-0.2, -0.15) is 0 Å². The first kappa shape index (κ1) is 20.7. The molecule has 2 aromatic carbocycles. The van der Waals surface area contributed by atoms with Gasteiger partial charge in [0.2, 0.25) is 5.91 Å². The summed E-state index contributed by atoms with van der Waals surface area (Å²) in [7, 11) is 0. The summed E-state index contributed by atoms with van der Waals surface area (Å²) in [5, 5.41) is 2.38. The molecule has 0 radical (unpaired) electrons. The van der Waals surface area contributed by atoms with Gasteiger partial charge < -0.3 is 0 Å². The summed E-state index contributed by atoms with van der Waals surface area (Å²) >= 11 is 1.34. The van der Waals surface area contributed by atoms with Crippen LogP contribution in [0.3, 0.4) is 0 Å². The number of thiazole rings is 1. The van der Waals surface area contributed by atoms with Crippen LogP contribution in [-0.2, 0) is 9.59 Å². The van der Waals surface area contributed by atoms with Gasteiger partial charge in [-0.1, -0.05) is 36.4 Å². The molecule has 1 aliphatic rings. The first-order valence-electron chi connectivity index (χ1n) is 9.91. The molecule has 0 aliphatic carbocycles. The zero-order valence-corrected chi connectivity index (χ0v) is 18.3. The lowest BCUT2D eigenvalue weighted by atomic mass is 9.92. The largest absolute Gasteiger partial charge is 0.289 e. The number of imide groups is 1. The second-order valence-corrected chi connectivity index (χ2v) is 7.99. The number of carbonyl (C=O) groups excluding carboxylic acids is 3. The lowest BCUT2D eigenvalue weighted by Gasteiger charge is -2.29. The topological polar surface area (TPSA) is 70.6 Å². The highest BCUT2D eigenvalue weighted by Gasteiger charge is 2.36. The molecule has 0 bridgehead atoms. The van der Waals surface area contributed by atoms with Crippen molar-refractivity contribution >= 4 is 51.5 Å². The second kappa shape index (κ2) is 8.28. The van der Waals surface area contributed by atoms with Crippen LogP contribution in [0.2, 0.25) is 0 Å². The summed E-state index contributed by atoms with van der Waals surface area (Å²) in [6, 6.07) is 14.4. The van der Waals surface area contributed by atoms with Crippen LogP contribution in [0.25, 0.3) is 11.6 Å². The van der Waals surface area contributed by atoms with Crippen LogP contribution >= 0.6 is 11.3 Å². The number of rotatable bonds is 4. The fourth-order valence-electron chi connectivity index (χ4n) is 3.63. The smallest absolute Gasteiger partial charge is 0.266 e. The molecule has 1 aliphatic heterocycles. The fourth-order valence-corrected chi connectivity index (χ4v) is 4.52. The lowest BCUT2D eigenvalue weighted by Crippen LogP contribution is -2.42. The number of aromatic nitrogens is 1. The number of fused-ring (bicyclic) bond motifs is 1. The second-order valence-electron chi connectivity index (χ2n) is 7.15. The summed E-state index contributed by atoms with van der Waals surface area (Å²) in [6.45, 7) is 5.76. The van der Waals surface area contributed by atoms with E-state index >= 15 is 0 Å². The average Bonchev–Trinajstić information content (AvgIpc) is 3.21. The van der Waals surface area contributed by atoms with Crippen LogP contribution in [0, 0.1) is 6.92 Å². The van der Waals surface area contributed by atoms with E-state index in [0.717, 1.165) is 5.56 Å². The van der Waals surface area contributed by atoms with Gasteiger partial charge in [0, 0.05) is 30.0 Å². The maximum absolute atomic E-state index is 13.5. The van der Waals surface area contributed by atoms with Crippen LogP contribution in [-0.4, -0.2) is 29.3 Å². The third kappa shape index (κ3) is 3.68. The van der Waals surface area contributed by atoms with Gasteiger partial charge in [0.05, 0.1) is 17.0 Å². The Kier molecular flexibility index (Phi) is 5.52. The third-order valence-corrected chi connectivity index (χ3v) is 6.05. The van der Waals surface area contributed by atoms with Crippen LogP contribution in [0.4, 0.5) is 10.8 Å². The van der Waals surface area contributed by atoms with E-state index < -0.39 is 5.91 Å². The lowest BCUT2D eigenvalue weighted by molar-refractivity contribution is -0.116. The highest BCUT2D eigenvalue weighted by atomic mass is 32.1. The Morgan fingerprint density at radius 1 is 1.06 bits per heavy atom. The maximum Gasteiger partial charge on any atom is 0.266 e. The molecule has 3 amide bonds. The number of hydrogen-bond donors (Lipinski definition) is 0. The predicted molar refractivity (Wildman–Crippen MR) is 123 cm³/mol. The number of aryl methyl sites for hydroxylation is 1. The Hall–Kier alpha value is -3.58. The molecule has 6 nitrogen and oxygen atoms in total. The molecule has 0 saturated heterocycles. The molecule has 1 aromatic heterocycles. The SMILES string of the molecule is CCN(C(C)=O)c1nc(/C=C2/C(=O)N(c3ccccc3C)C(=O)c3ccccc32)cs1. The quantitative estimate of drug-likeness (QED) is 0.449. The molecule has 156 valence electrons. The van der Waals surface area contributed by atoms with Gasteiger partial charge in [0.15, 0.2) is 5.13 Å². The number of nitrogens with zero attached hydrogens (tertiary/aromatic N) is 3. The summed E-state index contributed by atoms with van der Waals surface area (Å²) in [6.07, 6.45) is 1.69. The average molecular weight is 432 g/mol. The molecule has 0 saturated carbocycles. The Morgan fingerprint density at radius 2 is 1.74 bits per heavy atom. The zero-order chi connectivity index (χ0) is 22.1. The first-order chi connectivity index (χ1) is 14.9. The van der Waals surface area contributed by atoms with Crippen molar-refractivity contribution in [2.75, 3.05) is 16.3 Å². The molecule has 3 aromatic rings. The zero-order valence-electron chi connectivity index (χ0n) is 17.5. The number of carbonyl (C=O) groups is 3. The van der Waals surface area contributed by atoms with Crippen molar-refractivity contribution in [2.45, 2.75) is 20.8 Å². The predicted octanol–water partition coefficient (Wildman–Crippen LogP) is 4.55. The van der Waals surface area contributed by atoms with Gasteiger partial charge >= 0.3 is 0 Å². The molecule has 0 atom stereocenters. The van der Waals surface area contributed by atoms with Crippen molar-refractivity contribution in [3.8, 4) is 0 Å². The van der Waals surface area contributed by atoms with Crippen molar-refractivity contribution in [3.05, 3.63) is 76.3 Å². The fraction of sp³-hybridized carbons (Fsp3) is 0.167. The van der Waals surface area contributed by atoms with Crippen LogP contribution in [0.5, 0.6) is 0 Å². The van der Waals surface area contributed by atoms with E-state index in [9.17, 15) is 14.4 Å². The molecule has 7 heteroatoms. The van der Waals surface area contributed by atoms with Crippen molar-refractivity contribution in [1.82, 2.24) is 4.98 Å². The number of hydrogen-bond acceptors (Lipinski definition) is 5. The van der Waals surface area contributed by atoms with E-state index in [0.29, 0.717) is 39.8 Å². The first-order valence-corrected chi connectivity index (χ1v) is 10.8. The minimum absolute atomic E-state index is 0.0912. The molecular formula is C24H21N3O3S. The van der Waals surface area contributed by atoms with Crippen molar-refractivity contribution in [2.24, 2.45) is 0 Å². The summed E-state index contributed by atoms with van der Waals surface area (Å²) in [4.78, 5) is 45.9. The van der Waals surface area contributed by atoms with Crippen LogP contribution in [0.1, 0.15) is 41.0 Å². The summed E-state index contributed by atoms with van der Waals surface area (Å²) < 4.78 is 0. The summed E-state index contributed by atoms with van der Waals surface area (Å²) in [5.74, 6) is -0.835. The van der Waals surface area contributed by atoms with E-state index in [-0.39, 0.29) is 11.8 Å². The van der Waals surface area contributed by atoms with Gasteiger partial charge in [0.25, 0.3) is 11.8 Å². The Balaban J connectivity index is 1.83. The minimum atomic E-state index is -0.397. The number of benzene rings is 2. The van der Waals surface area contributed by atoms with Crippen molar-refractivity contribution in [3.63, 3.8) is 0 Å². The molecule has 2 heterocycles. The van der Waals surface area contributed by atoms with Crippen LogP contribution in [0.15, 0.2) is 53.9 Å². The third-order valence-electron chi connectivity index (χ3n) is 5.17. The van der Waals surface area contributed by atoms with Gasteiger partial charge in [-0.25, -0.2) is 9.88 Å². The van der Waals surface area contributed by atoms with Crippen molar-refractivity contribution < 1.29 is 14.4 Å². The summed E-state index contributed by atoms with van der Waals surface area (Å²) in [5.41, 5.74) is 3.39. The number of amides is 3. The molecule has 0 fully saturated rings. The maximum atomic E-state index is 13.5. The molecule has 0 N–H and O–H groups in total. The van der Waals surface area contributed by atoms with Gasteiger partial charge in [0.1, 0.15) is 0 Å². The van der Waals surface area contributed by atoms with E-state index in [1.807, 2.05) is 26.0 Å². The molecule has 4 rings (SSSR count). The Labute approximate surface area is 184 Å². The van der Waals surface area contributed by atoms with Crippen molar-refractivity contribution in [1.29, 1.82) is 0 Å². The highest BCUT2D eigenvalue weighted by Crippen LogP contribution is 2.35. The number of para-hydroxylation sites is 1. The van der Waals surface area contributed by atoms with Crippen LogP contribution < -0.4 is 9.80 Å². The molecule has 31 heavy (non-hydrogen) atoms. The molecule has 0 unspecified atom stereocenters. The Bertz CT molecular complexity index is 1230. The molecule has 0 spiro atoms. The van der Waals surface area contributed by atoms with Gasteiger partial charge in [-0.05, 0) is 37.6 Å². The van der Waals surface area contributed by atoms with E-state index in [1.54, 1.807) is 52.8 Å². The number of anilines is 2. The minimum Gasteiger partial charge on any atom is -0.289 e. The Morgan fingerprint density at radius 3 is 2.42 bits per heavy atom. The standard InChI is InChI=1S/C24H21N3O3S/c1-4-26(16(3)28)24-25-17(14-31-24)13-20-18-10-6-7-11-19(18)22(29)27(23(20)30)21-12-8-5-9-15(21)2/h5-14H,4H2,1-3H3/b20-13+.